The molecule has 0 atom stereocenters. The van der Waals surface area contributed by atoms with Crippen LogP contribution in [0.2, 0.25) is 5.02 Å². The van der Waals surface area contributed by atoms with Gasteiger partial charge in [0.2, 0.25) is 0 Å². The van der Waals surface area contributed by atoms with Gasteiger partial charge in [-0.3, -0.25) is 9.69 Å². The zero-order valence-corrected chi connectivity index (χ0v) is 11.5. The Bertz CT molecular complexity index is 528. The van der Waals surface area contributed by atoms with E-state index < -0.39 is 0 Å². The molecule has 0 bridgehead atoms. The molecule has 1 heterocycles. The third kappa shape index (κ3) is 3.63. The van der Waals surface area contributed by atoms with Crippen molar-refractivity contribution in [3.05, 3.63) is 51.4 Å². The van der Waals surface area contributed by atoms with Gasteiger partial charge in [-0.1, -0.05) is 23.7 Å². The van der Waals surface area contributed by atoms with Crippen LogP contribution in [0.3, 0.4) is 0 Å². The molecule has 1 aromatic heterocycles. The van der Waals surface area contributed by atoms with Crippen molar-refractivity contribution >= 4 is 28.7 Å². The summed E-state index contributed by atoms with van der Waals surface area (Å²) < 4.78 is 0. The van der Waals surface area contributed by atoms with Crippen molar-refractivity contribution in [2.24, 2.45) is 0 Å². The zero-order chi connectivity index (χ0) is 13.0. The van der Waals surface area contributed by atoms with Crippen LogP contribution in [-0.2, 0) is 6.54 Å². The van der Waals surface area contributed by atoms with Crippen molar-refractivity contribution in [3.8, 4) is 0 Å². The van der Waals surface area contributed by atoms with Crippen LogP contribution in [-0.4, -0.2) is 29.3 Å². The molecule has 0 saturated heterocycles. The van der Waals surface area contributed by atoms with Gasteiger partial charge in [-0.05, 0) is 19.2 Å². The Morgan fingerprint density at radius 2 is 2.33 bits per heavy atom. The molecular formula is C13H13ClN2OS. The quantitative estimate of drug-likeness (QED) is 0.789. The van der Waals surface area contributed by atoms with Crippen LogP contribution in [0.1, 0.15) is 16.1 Å². The molecule has 0 aliphatic heterocycles. The van der Waals surface area contributed by atoms with Crippen molar-refractivity contribution in [3.63, 3.8) is 0 Å². The number of thiazole rings is 1. The number of hydrogen-bond donors (Lipinski definition) is 0. The third-order valence-corrected chi connectivity index (χ3v) is 3.35. The van der Waals surface area contributed by atoms with Gasteiger partial charge in [0, 0.05) is 22.5 Å². The number of rotatable bonds is 5. The second-order valence-corrected chi connectivity index (χ2v) is 5.24. The van der Waals surface area contributed by atoms with Crippen molar-refractivity contribution in [2.75, 3.05) is 13.6 Å². The molecule has 0 aliphatic carbocycles. The highest BCUT2D eigenvalue weighted by molar-refractivity contribution is 7.07. The number of likely N-dealkylation sites (N-methyl/N-ethyl adjacent to an activating group) is 1. The van der Waals surface area contributed by atoms with Crippen LogP contribution in [0, 0.1) is 0 Å². The molecule has 1 aromatic carbocycles. The van der Waals surface area contributed by atoms with E-state index in [1.165, 1.54) is 0 Å². The smallest absolute Gasteiger partial charge is 0.176 e. The lowest BCUT2D eigenvalue weighted by Crippen LogP contribution is -2.25. The van der Waals surface area contributed by atoms with E-state index >= 15 is 0 Å². The lowest BCUT2D eigenvalue weighted by atomic mass is 10.1. The highest BCUT2D eigenvalue weighted by Gasteiger charge is 2.10. The fraction of sp³-hybridized carbons (Fsp3) is 0.231. The van der Waals surface area contributed by atoms with Crippen molar-refractivity contribution in [2.45, 2.75) is 6.54 Å². The number of hydrogen-bond acceptors (Lipinski definition) is 4. The summed E-state index contributed by atoms with van der Waals surface area (Å²) in [5.74, 6) is 0.0650. The Balaban J connectivity index is 1.95. The molecule has 0 fully saturated rings. The van der Waals surface area contributed by atoms with Crippen LogP contribution in [0.4, 0.5) is 0 Å². The summed E-state index contributed by atoms with van der Waals surface area (Å²) in [7, 11) is 1.90. The minimum atomic E-state index is 0.0650. The van der Waals surface area contributed by atoms with Crippen molar-refractivity contribution in [1.29, 1.82) is 0 Å². The third-order valence-electron chi connectivity index (χ3n) is 2.48. The first-order valence-corrected chi connectivity index (χ1v) is 6.81. The van der Waals surface area contributed by atoms with E-state index in [0.29, 0.717) is 23.7 Å². The number of Topliss-reactive ketones (excluding diaryl/α,β-unsaturated/α-hetero) is 1. The van der Waals surface area contributed by atoms with E-state index in [1.54, 1.807) is 41.1 Å². The van der Waals surface area contributed by atoms with Gasteiger partial charge in [0.05, 0.1) is 17.7 Å². The van der Waals surface area contributed by atoms with Crippen LogP contribution < -0.4 is 0 Å². The lowest BCUT2D eigenvalue weighted by Gasteiger charge is -2.14. The number of nitrogens with zero attached hydrogens (tertiary/aromatic N) is 2. The molecule has 0 spiro atoms. The molecule has 5 heteroatoms. The Kier molecular flexibility index (Phi) is 4.47. The first kappa shape index (κ1) is 13.2. The van der Waals surface area contributed by atoms with Crippen LogP contribution in [0.5, 0.6) is 0 Å². The standard InChI is InChI=1S/C13H13ClN2OS/c1-16(6-12-8-18-9-15-12)7-13(17)10-3-2-4-11(14)5-10/h2-5,8-9H,6-7H2,1H3. The van der Waals surface area contributed by atoms with E-state index in [4.69, 9.17) is 11.6 Å². The number of ketones is 1. The molecule has 18 heavy (non-hydrogen) atoms. The van der Waals surface area contributed by atoms with Gasteiger partial charge >= 0.3 is 0 Å². The second kappa shape index (κ2) is 6.09. The van der Waals surface area contributed by atoms with Gasteiger partial charge in [0.1, 0.15) is 0 Å². The first-order valence-electron chi connectivity index (χ1n) is 5.49. The van der Waals surface area contributed by atoms with Gasteiger partial charge in [-0.25, -0.2) is 4.98 Å². The number of benzene rings is 1. The molecule has 0 saturated carbocycles. The molecule has 0 N–H and O–H groups in total. The molecule has 0 aliphatic rings. The van der Waals surface area contributed by atoms with E-state index in [2.05, 4.69) is 4.98 Å². The van der Waals surface area contributed by atoms with E-state index in [-0.39, 0.29) is 5.78 Å². The summed E-state index contributed by atoms with van der Waals surface area (Å²) in [6, 6.07) is 7.03. The average Bonchev–Trinajstić information content (AvgIpc) is 2.81. The van der Waals surface area contributed by atoms with Gasteiger partial charge < -0.3 is 0 Å². The summed E-state index contributed by atoms with van der Waals surface area (Å²) >= 11 is 7.42. The van der Waals surface area contributed by atoms with E-state index in [9.17, 15) is 4.79 Å². The summed E-state index contributed by atoms with van der Waals surface area (Å²) in [6.07, 6.45) is 0. The Hall–Kier alpha value is -1.23. The molecule has 2 rings (SSSR count). The largest absolute Gasteiger partial charge is 0.293 e. The van der Waals surface area contributed by atoms with Gasteiger partial charge in [0.15, 0.2) is 5.78 Å². The first-order chi connectivity index (χ1) is 8.65. The fourth-order valence-corrected chi connectivity index (χ4v) is 2.39. The zero-order valence-electron chi connectivity index (χ0n) is 9.97. The molecular weight excluding hydrogens is 268 g/mol. The highest BCUT2D eigenvalue weighted by Crippen LogP contribution is 2.12. The summed E-state index contributed by atoms with van der Waals surface area (Å²) in [4.78, 5) is 18.2. The number of aromatic nitrogens is 1. The monoisotopic (exact) mass is 280 g/mol. The SMILES string of the molecule is CN(CC(=O)c1cccc(Cl)c1)Cc1cscn1. The van der Waals surface area contributed by atoms with Crippen LogP contribution in [0.15, 0.2) is 35.2 Å². The van der Waals surface area contributed by atoms with Crippen LogP contribution in [0.25, 0.3) is 0 Å². The molecule has 0 amide bonds. The Morgan fingerprint density at radius 1 is 1.50 bits per heavy atom. The second-order valence-electron chi connectivity index (χ2n) is 4.09. The summed E-state index contributed by atoms with van der Waals surface area (Å²) in [5, 5.41) is 2.57. The molecule has 0 unspecified atom stereocenters. The maximum Gasteiger partial charge on any atom is 0.176 e. The molecule has 94 valence electrons. The minimum absolute atomic E-state index is 0.0650. The maximum absolute atomic E-state index is 12.0. The molecule has 3 nitrogen and oxygen atoms in total. The van der Waals surface area contributed by atoms with E-state index in [0.717, 1.165) is 5.69 Å². The fourth-order valence-electron chi connectivity index (χ4n) is 1.65. The maximum atomic E-state index is 12.0. The number of carbonyl (C=O) groups excluding carboxylic acids is 1. The predicted molar refractivity (Wildman–Crippen MR) is 74.2 cm³/mol. The van der Waals surface area contributed by atoms with Crippen molar-refractivity contribution < 1.29 is 4.79 Å². The minimum Gasteiger partial charge on any atom is -0.293 e. The lowest BCUT2D eigenvalue weighted by molar-refractivity contribution is 0.0942. The van der Waals surface area contributed by atoms with Gasteiger partial charge in [-0.15, -0.1) is 11.3 Å². The van der Waals surface area contributed by atoms with Crippen LogP contribution >= 0.6 is 22.9 Å². The highest BCUT2D eigenvalue weighted by atomic mass is 35.5. The number of carbonyl (C=O) groups is 1. The topological polar surface area (TPSA) is 33.2 Å². The molecule has 0 radical (unpaired) electrons. The van der Waals surface area contributed by atoms with Crippen molar-refractivity contribution in [1.82, 2.24) is 9.88 Å². The number of halogens is 1. The Labute approximate surface area is 115 Å². The predicted octanol–water partition coefficient (Wildman–Crippen LogP) is 3.11. The normalized spacial score (nSPS) is 10.8. The summed E-state index contributed by atoms with van der Waals surface area (Å²) in [5.41, 5.74) is 3.43. The average molecular weight is 281 g/mol. The Morgan fingerprint density at radius 3 is 3.00 bits per heavy atom. The van der Waals surface area contributed by atoms with Gasteiger partial charge in [0.25, 0.3) is 0 Å². The van der Waals surface area contributed by atoms with Gasteiger partial charge in [-0.2, -0.15) is 0 Å². The van der Waals surface area contributed by atoms with E-state index in [1.807, 2.05) is 17.3 Å². The molecule has 2 aromatic rings. The summed E-state index contributed by atoms with van der Waals surface area (Å²) in [6.45, 7) is 1.04.